The van der Waals surface area contributed by atoms with Crippen molar-refractivity contribution in [2.24, 2.45) is 0 Å². The van der Waals surface area contributed by atoms with Crippen LogP contribution in [0, 0.1) is 0 Å². The van der Waals surface area contributed by atoms with Gasteiger partial charge in [0, 0.05) is 25.2 Å². The highest BCUT2D eigenvalue weighted by Crippen LogP contribution is 2.25. The highest BCUT2D eigenvalue weighted by Gasteiger charge is 2.30. The van der Waals surface area contributed by atoms with E-state index in [2.05, 4.69) is 44.0 Å². The normalized spacial score (nSPS) is 28.3. The molecule has 0 spiro atoms. The van der Waals surface area contributed by atoms with Gasteiger partial charge in [-0.15, -0.1) is 0 Å². The number of allylic oxidation sites excluding steroid dienone is 1. The molecule has 3 nitrogen and oxygen atoms in total. The number of hydrogen-bond donors (Lipinski definition) is 1. The zero-order valence-corrected chi connectivity index (χ0v) is 13.7. The van der Waals surface area contributed by atoms with Gasteiger partial charge in [-0.05, 0) is 66.5 Å². The number of rotatable bonds is 4. The summed E-state index contributed by atoms with van der Waals surface area (Å²) in [4.78, 5) is 2.57. The predicted molar refractivity (Wildman–Crippen MR) is 85.1 cm³/mol. The van der Waals surface area contributed by atoms with E-state index in [1.807, 2.05) is 0 Å². The molecule has 0 aliphatic carbocycles. The van der Waals surface area contributed by atoms with Crippen LogP contribution in [0.15, 0.2) is 11.6 Å². The van der Waals surface area contributed by atoms with Crippen molar-refractivity contribution in [2.75, 3.05) is 26.2 Å². The molecule has 0 aromatic heterocycles. The van der Waals surface area contributed by atoms with E-state index in [4.69, 9.17) is 4.74 Å². The van der Waals surface area contributed by atoms with Crippen molar-refractivity contribution in [1.82, 2.24) is 10.2 Å². The first-order valence-electron chi connectivity index (χ1n) is 8.20. The van der Waals surface area contributed by atoms with Gasteiger partial charge in [0.15, 0.2) is 0 Å². The Morgan fingerprint density at radius 3 is 2.50 bits per heavy atom. The quantitative estimate of drug-likeness (QED) is 0.801. The lowest BCUT2D eigenvalue weighted by atomic mass is 9.92. The van der Waals surface area contributed by atoms with Crippen LogP contribution in [0.25, 0.3) is 0 Å². The third-order valence-electron chi connectivity index (χ3n) is 4.51. The molecule has 2 aliphatic heterocycles. The molecule has 2 heterocycles. The molecule has 116 valence electrons. The highest BCUT2D eigenvalue weighted by atomic mass is 16.5. The summed E-state index contributed by atoms with van der Waals surface area (Å²) < 4.78 is 5.80. The van der Waals surface area contributed by atoms with Gasteiger partial charge in [-0.25, -0.2) is 0 Å². The zero-order chi connectivity index (χ0) is 14.6. The van der Waals surface area contributed by atoms with Gasteiger partial charge >= 0.3 is 0 Å². The van der Waals surface area contributed by atoms with Gasteiger partial charge in [-0.2, -0.15) is 0 Å². The van der Waals surface area contributed by atoms with Crippen LogP contribution < -0.4 is 5.32 Å². The van der Waals surface area contributed by atoms with E-state index in [0.717, 1.165) is 19.6 Å². The molecule has 2 saturated heterocycles. The monoisotopic (exact) mass is 280 g/mol. The van der Waals surface area contributed by atoms with E-state index in [1.54, 1.807) is 0 Å². The van der Waals surface area contributed by atoms with Crippen molar-refractivity contribution >= 4 is 0 Å². The fourth-order valence-corrected chi connectivity index (χ4v) is 3.30. The number of ether oxygens (including phenoxy) is 1. The molecule has 1 atom stereocenters. The van der Waals surface area contributed by atoms with Crippen molar-refractivity contribution in [1.29, 1.82) is 0 Å². The minimum absolute atomic E-state index is 0.0556. The van der Waals surface area contributed by atoms with Gasteiger partial charge in [-0.1, -0.05) is 11.6 Å². The largest absolute Gasteiger partial charge is 0.375 e. The summed E-state index contributed by atoms with van der Waals surface area (Å²) in [6.45, 7) is 13.3. The molecule has 0 bridgehead atoms. The van der Waals surface area contributed by atoms with Crippen LogP contribution >= 0.6 is 0 Å². The van der Waals surface area contributed by atoms with E-state index < -0.39 is 0 Å². The maximum absolute atomic E-state index is 5.80. The maximum Gasteiger partial charge on any atom is 0.0641 e. The molecule has 20 heavy (non-hydrogen) atoms. The van der Waals surface area contributed by atoms with Gasteiger partial charge in [0.2, 0.25) is 0 Å². The van der Waals surface area contributed by atoms with Crippen molar-refractivity contribution in [3.63, 3.8) is 0 Å². The molecule has 0 radical (unpaired) electrons. The summed E-state index contributed by atoms with van der Waals surface area (Å²) in [5, 5.41) is 3.88. The molecule has 0 saturated carbocycles. The Morgan fingerprint density at radius 2 is 1.90 bits per heavy atom. The Hall–Kier alpha value is -0.380. The Kier molecular flexibility index (Phi) is 5.65. The van der Waals surface area contributed by atoms with Gasteiger partial charge in [0.25, 0.3) is 0 Å². The minimum Gasteiger partial charge on any atom is -0.375 e. The fraction of sp³-hybridized carbons (Fsp3) is 0.882. The molecule has 2 aliphatic rings. The highest BCUT2D eigenvalue weighted by molar-refractivity contribution is 4.96. The van der Waals surface area contributed by atoms with E-state index in [1.165, 1.54) is 37.9 Å². The molecule has 3 heteroatoms. The second-order valence-electron chi connectivity index (χ2n) is 7.32. The number of piperidine rings is 1. The first-order valence-corrected chi connectivity index (χ1v) is 8.20. The Balaban J connectivity index is 1.70. The molecule has 0 aromatic rings. The lowest BCUT2D eigenvalue weighted by Gasteiger charge is -2.39. The molecule has 1 N–H and O–H groups in total. The second-order valence-corrected chi connectivity index (χ2v) is 7.32. The van der Waals surface area contributed by atoms with E-state index in [-0.39, 0.29) is 5.60 Å². The van der Waals surface area contributed by atoms with Gasteiger partial charge in [-0.3, -0.25) is 4.90 Å². The molecule has 2 rings (SSSR count). The summed E-state index contributed by atoms with van der Waals surface area (Å²) in [5.74, 6) is 0. The van der Waals surface area contributed by atoms with E-state index in [0.29, 0.717) is 12.1 Å². The third kappa shape index (κ3) is 5.19. The zero-order valence-electron chi connectivity index (χ0n) is 13.7. The maximum atomic E-state index is 5.80. The lowest BCUT2D eigenvalue weighted by molar-refractivity contribution is -0.0648. The third-order valence-corrected chi connectivity index (χ3v) is 4.51. The Morgan fingerprint density at radius 1 is 1.20 bits per heavy atom. The van der Waals surface area contributed by atoms with Crippen LogP contribution in [0.1, 0.15) is 53.4 Å². The van der Waals surface area contributed by atoms with Crippen molar-refractivity contribution < 1.29 is 4.74 Å². The van der Waals surface area contributed by atoms with Crippen LogP contribution in [0.5, 0.6) is 0 Å². The smallest absolute Gasteiger partial charge is 0.0641 e. The number of nitrogens with zero attached hydrogens (tertiary/aromatic N) is 1. The van der Waals surface area contributed by atoms with Crippen molar-refractivity contribution in [3.05, 3.63) is 11.6 Å². The van der Waals surface area contributed by atoms with Crippen molar-refractivity contribution in [2.45, 2.75) is 71.1 Å². The van der Waals surface area contributed by atoms with Crippen LogP contribution in [0.2, 0.25) is 0 Å². The number of nitrogens with one attached hydrogen (secondary N) is 1. The standard InChI is InChI=1S/C17H32N2O/c1-14(2)5-9-19-10-6-15(7-11-19)18-16-8-12-20-17(3,4)13-16/h5,15-16,18H,6-13H2,1-4H3. The average molecular weight is 280 g/mol. The molecule has 2 fully saturated rings. The van der Waals surface area contributed by atoms with Gasteiger partial charge < -0.3 is 10.1 Å². The first kappa shape index (κ1) is 16.0. The molecule has 0 aromatic carbocycles. The van der Waals surface area contributed by atoms with E-state index in [9.17, 15) is 0 Å². The summed E-state index contributed by atoms with van der Waals surface area (Å²) >= 11 is 0. The fourth-order valence-electron chi connectivity index (χ4n) is 3.30. The van der Waals surface area contributed by atoms with Gasteiger partial charge in [0.1, 0.15) is 0 Å². The Bertz CT molecular complexity index is 326. The van der Waals surface area contributed by atoms with Crippen LogP contribution in [0.4, 0.5) is 0 Å². The summed E-state index contributed by atoms with van der Waals surface area (Å²) in [5.41, 5.74) is 1.48. The topological polar surface area (TPSA) is 24.5 Å². The van der Waals surface area contributed by atoms with Crippen molar-refractivity contribution in [3.8, 4) is 0 Å². The summed E-state index contributed by atoms with van der Waals surface area (Å²) in [6, 6.07) is 1.35. The molecule has 0 amide bonds. The summed E-state index contributed by atoms with van der Waals surface area (Å²) in [6.07, 6.45) is 7.23. The SMILES string of the molecule is CC(C)=CCN1CCC(NC2CCOC(C)(C)C2)CC1. The Labute approximate surface area is 124 Å². The molecular weight excluding hydrogens is 248 g/mol. The molecular formula is C17H32N2O. The summed E-state index contributed by atoms with van der Waals surface area (Å²) in [7, 11) is 0. The average Bonchev–Trinajstić information content (AvgIpc) is 2.36. The van der Waals surface area contributed by atoms with E-state index >= 15 is 0 Å². The molecule has 1 unspecified atom stereocenters. The lowest BCUT2D eigenvalue weighted by Crippen LogP contribution is -2.50. The van der Waals surface area contributed by atoms with Crippen LogP contribution in [0.3, 0.4) is 0 Å². The minimum atomic E-state index is 0.0556. The number of likely N-dealkylation sites (tertiary alicyclic amines) is 1. The number of hydrogen-bond acceptors (Lipinski definition) is 3. The predicted octanol–water partition coefficient (Wildman–Crippen LogP) is 2.96. The van der Waals surface area contributed by atoms with Gasteiger partial charge in [0.05, 0.1) is 5.60 Å². The first-order chi connectivity index (χ1) is 9.44. The second kappa shape index (κ2) is 7.06. The van der Waals surface area contributed by atoms with Crippen LogP contribution in [-0.2, 0) is 4.74 Å². The van der Waals surface area contributed by atoms with Crippen LogP contribution in [-0.4, -0.2) is 48.8 Å².